The fourth-order valence-electron chi connectivity index (χ4n) is 3.33. The lowest BCUT2D eigenvalue weighted by Crippen LogP contribution is -2.80. The second-order valence-corrected chi connectivity index (χ2v) is 7.11. The summed E-state index contributed by atoms with van der Waals surface area (Å²) in [4.78, 5) is 4.19. The number of nitrogens with two attached hydrogens (primary N) is 1. The number of aromatic nitrogens is 1. The standard InChI is InChI=1S/C24H21ClN2O/c25-23-10-4-2-8-20(23)17-28-24-12-11-19-7-1-3-9-21(19)22(24)16-27-15-18-6-5-13-26-14-18/h1-14,27H,15-17H2/p+1. The minimum atomic E-state index is 0.452. The van der Waals surface area contributed by atoms with Crippen molar-refractivity contribution >= 4 is 22.4 Å². The molecule has 0 unspecified atom stereocenters. The molecule has 0 radical (unpaired) electrons. The van der Waals surface area contributed by atoms with E-state index in [1.165, 1.54) is 21.9 Å². The van der Waals surface area contributed by atoms with Crippen LogP contribution in [0.1, 0.15) is 16.7 Å². The number of ether oxygens (including phenoxy) is 1. The predicted octanol–water partition coefficient (Wildman–Crippen LogP) is 4.73. The quantitative estimate of drug-likeness (QED) is 0.496. The molecular formula is C24H22ClN2O+. The van der Waals surface area contributed by atoms with Crippen LogP contribution >= 0.6 is 11.6 Å². The van der Waals surface area contributed by atoms with Crippen molar-refractivity contribution in [1.82, 2.24) is 4.98 Å². The van der Waals surface area contributed by atoms with Crippen LogP contribution in [0.2, 0.25) is 5.02 Å². The fourth-order valence-corrected chi connectivity index (χ4v) is 3.53. The summed E-state index contributed by atoms with van der Waals surface area (Å²) in [5.41, 5.74) is 3.40. The summed E-state index contributed by atoms with van der Waals surface area (Å²) in [7, 11) is 0. The van der Waals surface area contributed by atoms with Crippen molar-refractivity contribution in [3.05, 3.63) is 107 Å². The molecule has 4 rings (SSSR count). The molecule has 0 amide bonds. The fraction of sp³-hybridized carbons (Fsp3) is 0.125. The van der Waals surface area contributed by atoms with Crippen LogP contribution in [0.4, 0.5) is 0 Å². The molecule has 140 valence electrons. The molecule has 4 heteroatoms. The van der Waals surface area contributed by atoms with E-state index in [0.717, 1.165) is 29.4 Å². The van der Waals surface area contributed by atoms with Crippen molar-refractivity contribution in [1.29, 1.82) is 0 Å². The molecule has 0 atom stereocenters. The summed E-state index contributed by atoms with van der Waals surface area (Å²) in [6, 6.07) is 24.5. The first kappa shape index (κ1) is 18.5. The number of quaternary nitrogens is 1. The van der Waals surface area contributed by atoms with Crippen LogP contribution in [0, 0.1) is 0 Å². The molecule has 0 spiro atoms. The first-order chi connectivity index (χ1) is 13.8. The number of benzene rings is 3. The molecule has 4 aromatic rings. The molecule has 3 nitrogen and oxygen atoms in total. The lowest BCUT2D eigenvalue weighted by Gasteiger charge is -2.14. The second-order valence-electron chi connectivity index (χ2n) is 6.70. The normalized spacial score (nSPS) is 10.9. The molecular weight excluding hydrogens is 368 g/mol. The topological polar surface area (TPSA) is 38.7 Å². The van der Waals surface area contributed by atoms with Gasteiger partial charge in [0.25, 0.3) is 0 Å². The number of hydrogen-bond acceptors (Lipinski definition) is 2. The third-order valence-corrected chi connectivity index (χ3v) is 5.16. The van der Waals surface area contributed by atoms with Crippen molar-refractivity contribution in [3.8, 4) is 5.75 Å². The van der Waals surface area contributed by atoms with Crippen molar-refractivity contribution in [2.75, 3.05) is 0 Å². The van der Waals surface area contributed by atoms with Gasteiger partial charge < -0.3 is 10.1 Å². The third-order valence-electron chi connectivity index (χ3n) is 4.79. The summed E-state index contributed by atoms with van der Waals surface area (Å²) in [5, 5.41) is 5.45. The molecule has 2 N–H and O–H groups in total. The van der Waals surface area contributed by atoms with E-state index in [0.29, 0.717) is 6.61 Å². The van der Waals surface area contributed by atoms with Crippen molar-refractivity contribution < 1.29 is 10.1 Å². The van der Waals surface area contributed by atoms with Crippen molar-refractivity contribution in [3.63, 3.8) is 0 Å². The molecule has 0 aliphatic rings. The van der Waals surface area contributed by atoms with Crippen LogP contribution in [-0.4, -0.2) is 4.98 Å². The highest BCUT2D eigenvalue weighted by molar-refractivity contribution is 6.31. The number of nitrogens with zero attached hydrogens (tertiary/aromatic N) is 1. The third kappa shape index (κ3) is 4.33. The van der Waals surface area contributed by atoms with Gasteiger partial charge in [0.1, 0.15) is 25.4 Å². The van der Waals surface area contributed by atoms with E-state index < -0.39 is 0 Å². The molecule has 28 heavy (non-hydrogen) atoms. The zero-order valence-corrected chi connectivity index (χ0v) is 16.3. The van der Waals surface area contributed by atoms with Gasteiger partial charge in [-0.15, -0.1) is 0 Å². The van der Waals surface area contributed by atoms with E-state index in [9.17, 15) is 0 Å². The Morgan fingerprint density at radius 3 is 2.57 bits per heavy atom. The van der Waals surface area contributed by atoms with Crippen LogP contribution in [0.15, 0.2) is 85.2 Å². The van der Waals surface area contributed by atoms with Gasteiger partial charge in [0.2, 0.25) is 0 Å². The maximum atomic E-state index is 6.28. The highest BCUT2D eigenvalue weighted by Gasteiger charge is 2.12. The number of halogens is 1. The van der Waals surface area contributed by atoms with Crippen molar-refractivity contribution in [2.24, 2.45) is 0 Å². The van der Waals surface area contributed by atoms with Gasteiger partial charge in [-0.25, -0.2) is 0 Å². The van der Waals surface area contributed by atoms with Gasteiger partial charge in [-0.3, -0.25) is 4.98 Å². The molecule has 0 aliphatic carbocycles. The Morgan fingerprint density at radius 1 is 0.857 bits per heavy atom. The molecule has 0 fully saturated rings. The zero-order chi connectivity index (χ0) is 19.2. The maximum Gasteiger partial charge on any atom is 0.129 e. The maximum absolute atomic E-state index is 6.28. The van der Waals surface area contributed by atoms with Crippen LogP contribution in [0.5, 0.6) is 5.75 Å². The summed E-state index contributed by atoms with van der Waals surface area (Å²) in [6.45, 7) is 2.16. The lowest BCUT2D eigenvalue weighted by molar-refractivity contribution is -0.686. The average Bonchev–Trinajstić information content (AvgIpc) is 2.74. The first-order valence-electron chi connectivity index (χ1n) is 9.38. The largest absolute Gasteiger partial charge is 0.488 e. The van der Waals surface area contributed by atoms with E-state index in [4.69, 9.17) is 16.3 Å². The minimum Gasteiger partial charge on any atom is -0.488 e. The van der Waals surface area contributed by atoms with Gasteiger partial charge in [-0.2, -0.15) is 0 Å². The summed E-state index contributed by atoms with van der Waals surface area (Å²) >= 11 is 6.28. The zero-order valence-electron chi connectivity index (χ0n) is 15.5. The molecule has 1 heterocycles. The molecule has 0 bridgehead atoms. The van der Waals surface area contributed by atoms with E-state index in [-0.39, 0.29) is 0 Å². The average molecular weight is 390 g/mol. The second kappa shape index (κ2) is 8.87. The molecule has 0 aliphatic heterocycles. The van der Waals surface area contributed by atoms with Crippen LogP contribution in [0.25, 0.3) is 10.8 Å². The highest BCUT2D eigenvalue weighted by Crippen LogP contribution is 2.29. The van der Waals surface area contributed by atoms with Gasteiger partial charge in [-0.05, 0) is 29.0 Å². The predicted molar refractivity (Wildman–Crippen MR) is 113 cm³/mol. The van der Waals surface area contributed by atoms with Crippen LogP contribution in [-0.2, 0) is 19.7 Å². The van der Waals surface area contributed by atoms with E-state index in [1.54, 1.807) is 6.20 Å². The smallest absolute Gasteiger partial charge is 0.129 e. The Morgan fingerprint density at radius 2 is 1.71 bits per heavy atom. The number of fused-ring (bicyclic) bond motifs is 1. The number of rotatable bonds is 7. The Bertz CT molecular complexity index is 1070. The SMILES string of the molecule is Clc1ccccc1COc1ccc2ccccc2c1C[NH2+]Cc1cccnc1. The Labute approximate surface area is 170 Å². The van der Waals surface area contributed by atoms with E-state index >= 15 is 0 Å². The van der Waals surface area contributed by atoms with Gasteiger partial charge in [0, 0.05) is 28.5 Å². The summed E-state index contributed by atoms with van der Waals surface area (Å²) in [5.74, 6) is 0.904. The van der Waals surface area contributed by atoms with Crippen LogP contribution in [0.3, 0.4) is 0 Å². The van der Waals surface area contributed by atoms with Gasteiger partial charge in [0.05, 0.1) is 5.56 Å². The van der Waals surface area contributed by atoms with Crippen LogP contribution < -0.4 is 10.1 Å². The Kier molecular flexibility index (Phi) is 5.86. The molecule has 0 saturated heterocycles. The highest BCUT2D eigenvalue weighted by atomic mass is 35.5. The first-order valence-corrected chi connectivity index (χ1v) is 9.76. The van der Waals surface area contributed by atoms with Gasteiger partial charge in [-0.1, -0.05) is 66.2 Å². The van der Waals surface area contributed by atoms with E-state index in [2.05, 4.69) is 52.8 Å². The monoisotopic (exact) mass is 389 g/mol. The minimum absolute atomic E-state index is 0.452. The van der Waals surface area contributed by atoms with Crippen molar-refractivity contribution in [2.45, 2.75) is 19.7 Å². The molecule has 0 saturated carbocycles. The van der Waals surface area contributed by atoms with E-state index in [1.807, 2.05) is 36.5 Å². The van der Waals surface area contributed by atoms with Gasteiger partial charge in [0.15, 0.2) is 0 Å². The molecule has 3 aromatic carbocycles. The Hall–Kier alpha value is -2.88. The van der Waals surface area contributed by atoms with Gasteiger partial charge >= 0.3 is 0 Å². The lowest BCUT2D eigenvalue weighted by atomic mass is 10.0. The number of hydrogen-bond donors (Lipinski definition) is 1. The number of pyridine rings is 1. The summed E-state index contributed by atoms with van der Waals surface area (Å²) < 4.78 is 6.20. The molecule has 1 aromatic heterocycles. The Balaban J connectivity index is 1.56. The summed E-state index contributed by atoms with van der Waals surface area (Å²) in [6.07, 6.45) is 3.71.